The van der Waals surface area contributed by atoms with Gasteiger partial charge in [-0.25, -0.2) is 0 Å². The van der Waals surface area contributed by atoms with E-state index in [0.717, 1.165) is 30.6 Å². The molecule has 0 aliphatic heterocycles. The van der Waals surface area contributed by atoms with Crippen molar-refractivity contribution >= 4 is 0 Å². The van der Waals surface area contributed by atoms with Gasteiger partial charge in [0.25, 0.3) is 0 Å². The minimum atomic E-state index is -0.772. The van der Waals surface area contributed by atoms with E-state index in [1.165, 1.54) is 0 Å². The summed E-state index contributed by atoms with van der Waals surface area (Å²) >= 11 is 0. The third-order valence-electron chi connectivity index (χ3n) is 3.37. The summed E-state index contributed by atoms with van der Waals surface area (Å²) in [5.74, 6) is 0.782. The molecule has 0 spiro atoms. The maximum atomic E-state index is 10.6. The molecule has 1 aromatic carbocycles. The van der Waals surface area contributed by atoms with Crippen LogP contribution in [0, 0.1) is 0 Å². The van der Waals surface area contributed by atoms with Gasteiger partial charge in [-0.05, 0) is 43.4 Å². The van der Waals surface area contributed by atoms with Gasteiger partial charge >= 0.3 is 0 Å². The van der Waals surface area contributed by atoms with E-state index in [0.29, 0.717) is 6.42 Å². The van der Waals surface area contributed by atoms with Crippen molar-refractivity contribution in [3.63, 3.8) is 0 Å². The molecular formula is C13H19NO2. The lowest BCUT2D eigenvalue weighted by Crippen LogP contribution is -2.39. The van der Waals surface area contributed by atoms with E-state index in [1.807, 2.05) is 24.3 Å². The Balaban J connectivity index is 2.27. The van der Waals surface area contributed by atoms with Gasteiger partial charge < -0.3 is 15.6 Å². The highest BCUT2D eigenvalue weighted by Crippen LogP contribution is 2.37. The molecule has 0 bridgehead atoms. The van der Waals surface area contributed by atoms with Gasteiger partial charge in [0.2, 0.25) is 0 Å². The second-order valence-electron chi connectivity index (χ2n) is 4.62. The zero-order valence-electron chi connectivity index (χ0n) is 9.65. The molecule has 0 heterocycles. The smallest absolute Gasteiger partial charge is 0.119 e. The highest BCUT2D eigenvalue weighted by molar-refractivity contribution is 5.32. The summed E-state index contributed by atoms with van der Waals surface area (Å²) in [6.07, 6.45) is 3.41. The maximum absolute atomic E-state index is 10.6. The number of ether oxygens (including phenoxy) is 1. The summed E-state index contributed by atoms with van der Waals surface area (Å²) in [6, 6.07) is 7.74. The van der Waals surface area contributed by atoms with Gasteiger partial charge in [0.15, 0.2) is 0 Å². The van der Waals surface area contributed by atoms with E-state index in [2.05, 4.69) is 0 Å². The maximum Gasteiger partial charge on any atom is 0.119 e. The molecule has 0 radical (unpaired) electrons. The molecule has 2 atom stereocenters. The predicted octanol–water partition coefficient (Wildman–Crippen LogP) is 1.78. The molecule has 1 fully saturated rings. The van der Waals surface area contributed by atoms with Gasteiger partial charge in [0.1, 0.15) is 5.75 Å². The van der Waals surface area contributed by atoms with Crippen LogP contribution in [0.4, 0.5) is 0 Å². The van der Waals surface area contributed by atoms with Gasteiger partial charge in [-0.2, -0.15) is 0 Å². The lowest BCUT2D eigenvalue weighted by molar-refractivity contribution is -0.00732. The molecule has 1 saturated carbocycles. The summed E-state index contributed by atoms with van der Waals surface area (Å²) in [4.78, 5) is 0. The van der Waals surface area contributed by atoms with E-state index in [1.54, 1.807) is 7.11 Å². The van der Waals surface area contributed by atoms with Gasteiger partial charge in [-0.3, -0.25) is 0 Å². The lowest BCUT2D eigenvalue weighted by atomic mass is 9.77. The van der Waals surface area contributed by atoms with Gasteiger partial charge in [0, 0.05) is 6.04 Å². The minimum absolute atomic E-state index is 0.102. The molecule has 0 amide bonds. The molecule has 2 unspecified atom stereocenters. The monoisotopic (exact) mass is 221 g/mol. The highest BCUT2D eigenvalue weighted by Gasteiger charge is 2.34. The zero-order chi connectivity index (χ0) is 11.6. The van der Waals surface area contributed by atoms with Crippen molar-refractivity contribution < 1.29 is 9.84 Å². The van der Waals surface area contributed by atoms with Gasteiger partial charge in [0.05, 0.1) is 12.7 Å². The predicted molar refractivity (Wildman–Crippen MR) is 63.3 cm³/mol. The average Bonchev–Trinajstić information content (AvgIpc) is 2.29. The fourth-order valence-corrected chi connectivity index (χ4v) is 2.47. The molecule has 0 saturated heterocycles. The van der Waals surface area contributed by atoms with E-state index in [-0.39, 0.29) is 6.04 Å². The Morgan fingerprint density at radius 1 is 1.50 bits per heavy atom. The largest absolute Gasteiger partial charge is 0.497 e. The minimum Gasteiger partial charge on any atom is -0.497 e. The van der Waals surface area contributed by atoms with Crippen LogP contribution in [0.25, 0.3) is 0 Å². The first-order chi connectivity index (χ1) is 7.64. The standard InChI is InChI=1S/C13H19NO2/c1-16-12-6-2-4-10(8-12)13(15)7-3-5-11(14)9-13/h2,4,6,8,11,15H,3,5,7,9,14H2,1H3. The quantitative estimate of drug-likeness (QED) is 0.800. The molecule has 0 aromatic heterocycles. The van der Waals surface area contributed by atoms with Crippen molar-refractivity contribution in [3.8, 4) is 5.75 Å². The summed E-state index contributed by atoms with van der Waals surface area (Å²) in [7, 11) is 1.63. The number of hydrogen-bond donors (Lipinski definition) is 2. The van der Waals surface area contributed by atoms with E-state index in [4.69, 9.17) is 10.5 Å². The molecular weight excluding hydrogens is 202 g/mol. The van der Waals surface area contributed by atoms with Crippen LogP contribution in [0.3, 0.4) is 0 Å². The summed E-state index contributed by atoms with van der Waals surface area (Å²) in [5.41, 5.74) is 6.07. The fraction of sp³-hybridized carbons (Fsp3) is 0.538. The summed E-state index contributed by atoms with van der Waals surface area (Å²) in [6.45, 7) is 0. The number of rotatable bonds is 2. The van der Waals surface area contributed by atoms with E-state index >= 15 is 0 Å². The number of aliphatic hydroxyl groups is 1. The fourth-order valence-electron chi connectivity index (χ4n) is 2.47. The third kappa shape index (κ3) is 2.20. The van der Waals surface area contributed by atoms with Crippen molar-refractivity contribution in [1.82, 2.24) is 0 Å². The molecule has 1 aliphatic rings. The Bertz CT molecular complexity index is 367. The second kappa shape index (κ2) is 4.44. The van der Waals surface area contributed by atoms with Crippen LogP contribution < -0.4 is 10.5 Å². The number of hydrogen-bond acceptors (Lipinski definition) is 3. The molecule has 1 aliphatic carbocycles. The number of methoxy groups -OCH3 is 1. The molecule has 1 aromatic rings. The van der Waals surface area contributed by atoms with Crippen LogP contribution >= 0.6 is 0 Å². The van der Waals surface area contributed by atoms with Crippen LogP contribution in [0.2, 0.25) is 0 Å². The second-order valence-corrected chi connectivity index (χ2v) is 4.62. The molecule has 3 N–H and O–H groups in total. The Hall–Kier alpha value is -1.06. The van der Waals surface area contributed by atoms with Gasteiger partial charge in [-0.15, -0.1) is 0 Å². The third-order valence-corrected chi connectivity index (χ3v) is 3.37. The van der Waals surface area contributed by atoms with Crippen LogP contribution in [0.1, 0.15) is 31.2 Å². The first kappa shape index (κ1) is 11.4. The Kier molecular flexibility index (Phi) is 3.17. The topological polar surface area (TPSA) is 55.5 Å². The van der Waals surface area contributed by atoms with Crippen molar-refractivity contribution in [2.45, 2.75) is 37.3 Å². The van der Waals surface area contributed by atoms with E-state index in [9.17, 15) is 5.11 Å². The van der Waals surface area contributed by atoms with Crippen LogP contribution in [-0.4, -0.2) is 18.3 Å². The average molecular weight is 221 g/mol. The summed E-state index contributed by atoms with van der Waals surface area (Å²) in [5, 5.41) is 10.6. The number of nitrogens with two attached hydrogens (primary N) is 1. The van der Waals surface area contributed by atoms with Crippen LogP contribution in [-0.2, 0) is 5.60 Å². The normalized spacial score (nSPS) is 30.1. The Labute approximate surface area is 96.2 Å². The van der Waals surface area contributed by atoms with Gasteiger partial charge in [-0.1, -0.05) is 12.1 Å². The van der Waals surface area contributed by atoms with Crippen molar-refractivity contribution in [3.05, 3.63) is 29.8 Å². The molecule has 16 heavy (non-hydrogen) atoms. The zero-order valence-corrected chi connectivity index (χ0v) is 9.65. The van der Waals surface area contributed by atoms with Crippen LogP contribution in [0.15, 0.2) is 24.3 Å². The van der Waals surface area contributed by atoms with E-state index < -0.39 is 5.60 Å². The first-order valence-corrected chi connectivity index (χ1v) is 5.76. The van der Waals surface area contributed by atoms with Crippen molar-refractivity contribution in [1.29, 1.82) is 0 Å². The SMILES string of the molecule is COc1cccc(C2(O)CCCC(N)C2)c1. The Morgan fingerprint density at radius 3 is 3.00 bits per heavy atom. The summed E-state index contributed by atoms with van der Waals surface area (Å²) < 4.78 is 5.18. The first-order valence-electron chi connectivity index (χ1n) is 5.76. The highest BCUT2D eigenvalue weighted by atomic mass is 16.5. The lowest BCUT2D eigenvalue weighted by Gasteiger charge is -2.35. The number of benzene rings is 1. The Morgan fingerprint density at radius 2 is 2.31 bits per heavy atom. The molecule has 88 valence electrons. The van der Waals surface area contributed by atoms with Crippen molar-refractivity contribution in [2.24, 2.45) is 5.73 Å². The molecule has 2 rings (SSSR count). The molecule has 3 heteroatoms. The van der Waals surface area contributed by atoms with Crippen molar-refractivity contribution in [2.75, 3.05) is 7.11 Å². The van der Waals surface area contributed by atoms with Crippen LogP contribution in [0.5, 0.6) is 5.75 Å². The molecule has 3 nitrogen and oxygen atoms in total.